The Hall–Kier alpha value is -3.99. The van der Waals surface area contributed by atoms with Gasteiger partial charge in [0.05, 0.1) is 22.1 Å². The molecule has 3 heterocycles. The molecule has 6 N–H and O–H groups in total. The molecule has 0 radical (unpaired) electrons. The summed E-state index contributed by atoms with van der Waals surface area (Å²) in [6, 6.07) is 18.2. The minimum absolute atomic E-state index is 0.0475. The van der Waals surface area contributed by atoms with Crippen LogP contribution in [0.5, 0.6) is 11.5 Å². The summed E-state index contributed by atoms with van der Waals surface area (Å²) in [6.45, 7) is 4.08. The van der Waals surface area contributed by atoms with Crippen LogP contribution in [0.4, 0.5) is 0 Å². The Bertz CT molecular complexity index is 1750. The van der Waals surface area contributed by atoms with Crippen molar-refractivity contribution in [3.63, 3.8) is 0 Å². The van der Waals surface area contributed by atoms with Crippen LogP contribution in [0, 0.1) is 0 Å². The van der Waals surface area contributed by atoms with Gasteiger partial charge in [-0.1, -0.05) is 29.8 Å². The Morgan fingerprint density at radius 3 is 2.37 bits per heavy atom. The first kappa shape index (κ1) is 28.5. The van der Waals surface area contributed by atoms with Gasteiger partial charge < -0.3 is 30.8 Å². The molecule has 0 aliphatic carbocycles. The summed E-state index contributed by atoms with van der Waals surface area (Å²) in [6.07, 6.45) is 3.50. The number of aromatic amines is 2. The molecule has 41 heavy (non-hydrogen) atoms. The number of hydrogen-bond donors (Lipinski definition) is 5. The van der Waals surface area contributed by atoms with Crippen LogP contribution in [-0.2, 0) is 13.0 Å². The molecule has 1 aliphatic heterocycles. The molecule has 2 aromatic heterocycles. The monoisotopic (exact) mass is 578 g/mol. The van der Waals surface area contributed by atoms with Crippen molar-refractivity contribution >= 4 is 33.7 Å². The number of piperidine rings is 1. The quantitative estimate of drug-likeness (QED) is 0.185. The number of nitrogens with zero attached hydrogens (tertiary/aromatic N) is 3. The third-order valence-corrected chi connectivity index (χ3v) is 7.85. The first-order valence-electron chi connectivity index (χ1n) is 13.8. The molecule has 216 valence electrons. The number of nitrogens with one attached hydrogen (secondary N) is 2. The van der Waals surface area contributed by atoms with Crippen molar-refractivity contribution in [3.8, 4) is 11.5 Å². The number of para-hydroxylation sites is 2. The predicted molar refractivity (Wildman–Crippen MR) is 162 cm³/mol. The van der Waals surface area contributed by atoms with Gasteiger partial charge in [0.25, 0.3) is 0 Å². The van der Waals surface area contributed by atoms with E-state index in [-0.39, 0.29) is 28.9 Å². The number of aromatic nitrogens is 4. The third kappa shape index (κ3) is 6.51. The number of imidazole rings is 2. The summed E-state index contributed by atoms with van der Waals surface area (Å²) in [5, 5.41) is 18.6. The molecule has 1 saturated heterocycles. The second-order valence-electron chi connectivity index (χ2n) is 10.3. The van der Waals surface area contributed by atoms with E-state index in [1.807, 2.05) is 45.5 Å². The van der Waals surface area contributed by atoms with Gasteiger partial charge in [0.1, 0.15) is 0 Å². The number of aromatic hydroxyl groups is 2. The van der Waals surface area contributed by atoms with Crippen molar-refractivity contribution < 1.29 is 10.2 Å². The Morgan fingerprint density at radius 1 is 0.854 bits per heavy atom. The molecule has 0 bridgehead atoms. The van der Waals surface area contributed by atoms with E-state index in [0.29, 0.717) is 24.5 Å². The maximum Gasteiger partial charge on any atom is 0.326 e. The highest BCUT2D eigenvalue weighted by Crippen LogP contribution is 2.27. The SMILES string of the molecule is NCCc1ccc(O)c(O)c1.O=c1[nH]c2ccccc2n1CCCN1CCC(n2c(=O)[nH]c3cc(Cl)ccc32)CC1. The van der Waals surface area contributed by atoms with Crippen molar-refractivity contribution in [2.75, 3.05) is 26.2 Å². The van der Waals surface area contributed by atoms with Crippen molar-refractivity contribution in [3.05, 3.63) is 92.2 Å². The molecular formula is C30H35ClN6O4. The summed E-state index contributed by atoms with van der Waals surface area (Å²) in [4.78, 5) is 32.9. The second kappa shape index (κ2) is 12.7. The van der Waals surface area contributed by atoms with Gasteiger partial charge in [-0.3, -0.25) is 9.13 Å². The molecule has 0 unspecified atom stereocenters. The van der Waals surface area contributed by atoms with Crippen LogP contribution < -0.4 is 17.1 Å². The highest BCUT2D eigenvalue weighted by atomic mass is 35.5. The Labute approximate surface area is 241 Å². The number of hydrogen-bond acceptors (Lipinski definition) is 6. The normalized spacial score (nSPS) is 14.4. The van der Waals surface area contributed by atoms with E-state index in [1.165, 1.54) is 12.1 Å². The van der Waals surface area contributed by atoms with Crippen molar-refractivity contribution in [2.24, 2.45) is 5.73 Å². The number of halogens is 1. The number of likely N-dealkylation sites (tertiary alicyclic amines) is 1. The molecule has 0 spiro atoms. The molecule has 11 heteroatoms. The largest absolute Gasteiger partial charge is 0.504 e. The van der Waals surface area contributed by atoms with Crippen molar-refractivity contribution in [1.29, 1.82) is 0 Å². The lowest BCUT2D eigenvalue weighted by Gasteiger charge is -2.32. The number of H-pyrrole nitrogens is 2. The maximum absolute atomic E-state index is 12.5. The summed E-state index contributed by atoms with van der Waals surface area (Å²) < 4.78 is 3.70. The minimum atomic E-state index is -0.0919. The van der Waals surface area contributed by atoms with E-state index >= 15 is 0 Å². The van der Waals surface area contributed by atoms with Crippen LogP contribution >= 0.6 is 11.6 Å². The van der Waals surface area contributed by atoms with E-state index in [9.17, 15) is 9.59 Å². The topological polar surface area (TPSA) is 145 Å². The molecule has 10 nitrogen and oxygen atoms in total. The Morgan fingerprint density at radius 2 is 1.61 bits per heavy atom. The lowest BCUT2D eigenvalue weighted by Crippen LogP contribution is -2.37. The fourth-order valence-electron chi connectivity index (χ4n) is 5.54. The fraction of sp³-hybridized carbons (Fsp3) is 0.333. The van der Waals surface area contributed by atoms with Gasteiger partial charge in [-0.2, -0.15) is 0 Å². The van der Waals surface area contributed by atoms with E-state index in [4.69, 9.17) is 27.5 Å². The van der Waals surface area contributed by atoms with Gasteiger partial charge in [-0.25, -0.2) is 9.59 Å². The van der Waals surface area contributed by atoms with Gasteiger partial charge in [-0.05, 0) is 86.8 Å². The molecular weight excluding hydrogens is 544 g/mol. The van der Waals surface area contributed by atoms with Crippen LogP contribution in [-0.4, -0.2) is 60.4 Å². The zero-order chi connectivity index (χ0) is 28.9. The van der Waals surface area contributed by atoms with Crippen LogP contribution in [0.25, 0.3) is 22.1 Å². The van der Waals surface area contributed by atoms with Gasteiger partial charge in [0, 0.05) is 30.7 Å². The molecule has 1 fully saturated rings. The predicted octanol–water partition coefficient (Wildman–Crippen LogP) is 3.95. The van der Waals surface area contributed by atoms with Crippen LogP contribution in [0.2, 0.25) is 5.02 Å². The molecule has 3 aromatic carbocycles. The highest BCUT2D eigenvalue weighted by molar-refractivity contribution is 6.31. The summed E-state index contributed by atoms with van der Waals surface area (Å²) >= 11 is 6.05. The molecule has 0 atom stereocenters. The van der Waals surface area contributed by atoms with Crippen molar-refractivity contribution in [2.45, 2.75) is 38.3 Å². The van der Waals surface area contributed by atoms with E-state index in [1.54, 1.807) is 12.1 Å². The lowest BCUT2D eigenvalue weighted by atomic mass is 10.0. The van der Waals surface area contributed by atoms with Gasteiger partial charge in [0.15, 0.2) is 11.5 Å². The first-order chi connectivity index (χ1) is 19.8. The number of rotatable bonds is 7. The summed E-state index contributed by atoms with van der Waals surface area (Å²) in [5.41, 5.74) is 9.68. The Kier molecular flexibility index (Phi) is 8.82. The molecule has 1 aliphatic rings. The van der Waals surface area contributed by atoms with Gasteiger partial charge in [-0.15, -0.1) is 0 Å². The average molecular weight is 579 g/mol. The molecule has 6 rings (SSSR count). The highest BCUT2D eigenvalue weighted by Gasteiger charge is 2.23. The minimum Gasteiger partial charge on any atom is -0.504 e. The van der Waals surface area contributed by atoms with Gasteiger partial charge in [0.2, 0.25) is 0 Å². The number of phenolic OH excluding ortho intramolecular Hbond substituents is 2. The zero-order valence-corrected chi connectivity index (χ0v) is 23.5. The standard InChI is InChI=1S/C22H24ClN5O2.C8H11NO2/c23-15-6-7-20-18(14-15)25-22(30)28(20)16-8-12-26(13-9-16)10-3-11-27-19-5-2-1-4-17(19)24-21(27)29;9-4-3-6-1-2-7(10)8(11)5-6/h1-2,4-7,14,16H,3,8-13H2,(H,24,29)(H,25,30);1-2,5,10-11H,3-4,9H2. The fourth-order valence-corrected chi connectivity index (χ4v) is 5.71. The molecule has 0 amide bonds. The first-order valence-corrected chi connectivity index (χ1v) is 14.2. The second-order valence-corrected chi connectivity index (χ2v) is 10.8. The zero-order valence-electron chi connectivity index (χ0n) is 22.7. The van der Waals surface area contributed by atoms with E-state index in [0.717, 1.165) is 66.5 Å². The summed E-state index contributed by atoms with van der Waals surface area (Å²) in [5.74, 6) is -0.179. The molecule has 5 aromatic rings. The number of aryl methyl sites for hydroxylation is 1. The van der Waals surface area contributed by atoms with Crippen molar-refractivity contribution in [1.82, 2.24) is 24.0 Å². The number of benzene rings is 3. The van der Waals surface area contributed by atoms with E-state index in [2.05, 4.69) is 14.9 Å². The summed E-state index contributed by atoms with van der Waals surface area (Å²) in [7, 11) is 0. The average Bonchev–Trinajstić information content (AvgIpc) is 3.46. The third-order valence-electron chi connectivity index (χ3n) is 7.61. The number of fused-ring (bicyclic) bond motifs is 2. The van der Waals surface area contributed by atoms with Crippen LogP contribution in [0.1, 0.15) is 30.9 Å². The Balaban J connectivity index is 0.000000259. The van der Waals surface area contributed by atoms with Crippen LogP contribution in [0.3, 0.4) is 0 Å². The number of nitrogens with two attached hydrogens (primary N) is 1. The lowest BCUT2D eigenvalue weighted by molar-refractivity contribution is 0.183. The van der Waals surface area contributed by atoms with Gasteiger partial charge >= 0.3 is 11.4 Å². The van der Waals surface area contributed by atoms with E-state index < -0.39 is 0 Å². The smallest absolute Gasteiger partial charge is 0.326 e. The van der Waals surface area contributed by atoms with Crippen LogP contribution in [0.15, 0.2) is 70.3 Å². The number of phenols is 2. The molecule has 0 saturated carbocycles. The maximum atomic E-state index is 12.5.